The largest absolute Gasteiger partial charge is 0.361 e. The number of halogens is 2. The summed E-state index contributed by atoms with van der Waals surface area (Å²) >= 11 is 3.18. The summed E-state index contributed by atoms with van der Waals surface area (Å²) in [5, 5.41) is 17.5. The SMILES string of the molecule is O=[N+]([O-])c1c(Nc2ccc(Br)cc2F)ncnc1NC1CCCCCC1. The Bertz CT molecular complexity index is 797. The molecule has 138 valence electrons. The van der Waals surface area contributed by atoms with Gasteiger partial charge >= 0.3 is 5.69 Å². The average molecular weight is 424 g/mol. The minimum absolute atomic E-state index is 0.0395. The summed E-state index contributed by atoms with van der Waals surface area (Å²) in [4.78, 5) is 19.1. The van der Waals surface area contributed by atoms with Gasteiger partial charge in [-0.1, -0.05) is 41.6 Å². The molecule has 1 heterocycles. The van der Waals surface area contributed by atoms with Crippen molar-refractivity contribution < 1.29 is 9.31 Å². The van der Waals surface area contributed by atoms with E-state index in [4.69, 9.17) is 0 Å². The summed E-state index contributed by atoms with van der Waals surface area (Å²) in [5.41, 5.74) is -0.172. The van der Waals surface area contributed by atoms with Crippen LogP contribution in [0.5, 0.6) is 0 Å². The van der Waals surface area contributed by atoms with Crippen molar-refractivity contribution in [2.75, 3.05) is 10.6 Å². The van der Waals surface area contributed by atoms with Crippen LogP contribution in [0.2, 0.25) is 0 Å². The van der Waals surface area contributed by atoms with Crippen LogP contribution in [-0.4, -0.2) is 20.9 Å². The molecule has 0 spiro atoms. The van der Waals surface area contributed by atoms with Crippen LogP contribution in [0.4, 0.5) is 27.4 Å². The summed E-state index contributed by atoms with van der Waals surface area (Å²) in [7, 11) is 0. The van der Waals surface area contributed by atoms with E-state index in [1.807, 2.05) is 0 Å². The van der Waals surface area contributed by atoms with E-state index in [2.05, 4.69) is 36.5 Å². The molecule has 2 N–H and O–H groups in total. The second-order valence-corrected chi connectivity index (χ2v) is 7.17. The van der Waals surface area contributed by atoms with Gasteiger partial charge in [0.2, 0.25) is 11.6 Å². The first kappa shape index (κ1) is 18.5. The molecule has 2 aromatic rings. The number of nitrogens with one attached hydrogen (secondary N) is 2. The lowest BCUT2D eigenvalue weighted by Gasteiger charge is -2.17. The molecule has 0 saturated heterocycles. The number of anilines is 3. The summed E-state index contributed by atoms with van der Waals surface area (Å²) in [6, 6.07) is 4.55. The second kappa shape index (κ2) is 8.39. The van der Waals surface area contributed by atoms with E-state index in [1.54, 1.807) is 6.07 Å². The zero-order chi connectivity index (χ0) is 18.5. The maximum atomic E-state index is 14.1. The third-order valence-electron chi connectivity index (χ3n) is 4.39. The van der Waals surface area contributed by atoms with Crippen molar-refractivity contribution in [3.63, 3.8) is 0 Å². The Morgan fingerprint density at radius 1 is 1.15 bits per heavy atom. The fourth-order valence-electron chi connectivity index (χ4n) is 3.08. The smallest absolute Gasteiger partial charge is 0.353 e. The molecule has 3 rings (SSSR count). The van der Waals surface area contributed by atoms with Crippen LogP contribution in [0.3, 0.4) is 0 Å². The van der Waals surface area contributed by atoms with Crippen molar-refractivity contribution in [1.29, 1.82) is 0 Å². The molecule has 0 aliphatic heterocycles. The van der Waals surface area contributed by atoms with Gasteiger partial charge in [0, 0.05) is 10.5 Å². The highest BCUT2D eigenvalue weighted by Gasteiger charge is 2.26. The number of rotatable bonds is 5. The highest BCUT2D eigenvalue weighted by molar-refractivity contribution is 9.10. The van der Waals surface area contributed by atoms with Gasteiger partial charge in [-0.3, -0.25) is 10.1 Å². The van der Waals surface area contributed by atoms with Crippen LogP contribution >= 0.6 is 15.9 Å². The predicted molar refractivity (Wildman–Crippen MR) is 101 cm³/mol. The standard InChI is InChI=1S/C17H19BrFN5O2/c18-11-7-8-14(13(19)9-11)23-17-15(24(25)26)16(20-10-21-17)22-12-5-3-1-2-4-6-12/h7-10,12H,1-6H2,(H2,20,21,22,23). The van der Waals surface area contributed by atoms with Crippen LogP contribution in [0.15, 0.2) is 29.0 Å². The molecule has 0 radical (unpaired) electrons. The van der Waals surface area contributed by atoms with Crippen molar-refractivity contribution in [3.05, 3.63) is 44.9 Å². The van der Waals surface area contributed by atoms with Crippen LogP contribution in [0.1, 0.15) is 38.5 Å². The Balaban J connectivity index is 1.89. The maximum absolute atomic E-state index is 14.1. The predicted octanol–water partition coefficient (Wildman–Crippen LogP) is 5.16. The molecule has 9 heteroatoms. The molecule has 1 saturated carbocycles. The van der Waals surface area contributed by atoms with Gasteiger partial charge in [0.25, 0.3) is 0 Å². The lowest BCUT2D eigenvalue weighted by Crippen LogP contribution is -2.20. The molecule has 1 aliphatic carbocycles. The molecule has 0 unspecified atom stereocenters. The van der Waals surface area contributed by atoms with E-state index in [-0.39, 0.29) is 29.1 Å². The Morgan fingerprint density at radius 2 is 1.85 bits per heavy atom. The minimum atomic E-state index is -0.544. The van der Waals surface area contributed by atoms with Crippen LogP contribution < -0.4 is 10.6 Å². The van der Waals surface area contributed by atoms with Gasteiger partial charge in [0.15, 0.2) is 0 Å². The Kier molecular flexibility index (Phi) is 5.97. The summed E-state index contributed by atoms with van der Waals surface area (Å²) in [6.07, 6.45) is 7.68. The van der Waals surface area contributed by atoms with E-state index in [9.17, 15) is 14.5 Å². The van der Waals surface area contributed by atoms with Crippen molar-refractivity contribution in [2.45, 2.75) is 44.6 Å². The van der Waals surface area contributed by atoms with E-state index >= 15 is 0 Å². The molecule has 0 atom stereocenters. The molecular weight excluding hydrogens is 405 g/mol. The van der Waals surface area contributed by atoms with Crippen molar-refractivity contribution in [1.82, 2.24) is 9.97 Å². The van der Waals surface area contributed by atoms with Gasteiger partial charge in [0.1, 0.15) is 12.1 Å². The first-order valence-corrected chi connectivity index (χ1v) is 9.32. The highest BCUT2D eigenvalue weighted by Crippen LogP contribution is 2.33. The van der Waals surface area contributed by atoms with Crippen LogP contribution in [-0.2, 0) is 0 Å². The first-order chi connectivity index (χ1) is 12.5. The zero-order valence-corrected chi connectivity index (χ0v) is 15.6. The molecule has 0 bridgehead atoms. The van der Waals surface area contributed by atoms with Gasteiger partial charge in [-0.25, -0.2) is 14.4 Å². The van der Waals surface area contributed by atoms with Gasteiger partial charge in [-0.15, -0.1) is 0 Å². The first-order valence-electron chi connectivity index (χ1n) is 8.52. The molecule has 1 aliphatic rings. The summed E-state index contributed by atoms with van der Waals surface area (Å²) in [5.74, 6) is -0.412. The number of hydrogen-bond acceptors (Lipinski definition) is 6. The molecule has 1 fully saturated rings. The monoisotopic (exact) mass is 423 g/mol. The van der Waals surface area contributed by atoms with E-state index in [1.165, 1.54) is 31.3 Å². The van der Waals surface area contributed by atoms with Crippen molar-refractivity contribution in [2.24, 2.45) is 0 Å². The molecule has 0 amide bonds. The molecule has 1 aromatic heterocycles. The molecule has 26 heavy (non-hydrogen) atoms. The van der Waals surface area contributed by atoms with E-state index < -0.39 is 10.7 Å². The average Bonchev–Trinajstić information content (AvgIpc) is 2.86. The van der Waals surface area contributed by atoms with Crippen LogP contribution in [0, 0.1) is 15.9 Å². The van der Waals surface area contributed by atoms with Gasteiger partial charge in [-0.2, -0.15) is 0 Å². The highest BCUT2D eigenvalue weighted by atomic mass is 79.9. The normalized spacial score (nSPS) is 15.3. The number of nitrogens with zero attached hydrogens (tertiary/aromatic N) is 3. The third-order valence-corrected chi connectivity index (χ3v) is 4.88. The van der Waals surface area contributed by atoms with E-state index in [0.29, 0.717) is 4.47 Å². The van der Waals surface area contributed by atoms with Gasteiger partial charge in [-0.05, 0) is 31.0 Å². The topological polar surface area (TPSA) is 93.0 Å². The lowest BCUT2D eigenvalue weighted by atomic mass is 10.1. The molecule has 1 aromatic carbocycles. The number of hydrogen-bond donors (Lipinski definition) is 2. The van der Waals surface area contributed by atoms with Crippen molar-refractivity contribution >= 4 is 38.9 Å². The summed E-state index contributed by atoms with van der Waals surface area (Å²) in [6.45, 7) is 0. The second-order valence-electron chi connectivity index (χ2n) is 6.26. The lowest BCUT2D eigenvalue weighted by molar-refractivity contribution is -0.383. The Morgan fingerprint density at radius 3 is 2.50 bits per heavy atom. The van der Waals surface area contributed by atoms with Gasteiger partial charge < -0.3 is 10.6 Å². The van der Waals surface area contributed by atoms with Crippen LogP contribution in [0.25, 0.3) is 0 Å². The third kappa shape index (κ3) is 4.46. The number of aromatic nitrogens is 2. The van der Waals surface area contributed by atoms with Crippen molar-refractivity contribution in [3.8, 4) is 0 Å². The fourth-order valence-corrected chi connectivity index (χ4v) is 3.42. The number of benzene rings is 1. The minimum Gasteiger partial charge on any atom is -0.361 e. The molecular formula is C17H19BrFN5O2. The Hall–Kier alpha value is -2.29. The molecule has 7 nitrogen and oxygen atoms in total. The quantitative estimate of drug-likeness (QED) is 0.391. The Labute approximate surface area is 158 Å². The summed E-state index contributed by atoms with van der Waals surface area (Å²) < 4.78 is 14.6. The number of nitro groups is 1. The maximum Gasteiger partial charge on any atom is 0.353 e. The van der Waals surface area contributed by atoms with Gasteiger partial charge in [0.05, 0.1) is 10.6 Å². The zero-order valence-electron chi connectivity index (χ0n) is 14.0. The fraction of sp³-hybridized carbons (Fsp3) is 0.412. The van der Waals surface area contributed by atoms with E-state index in [0.717, 1.165) is 25.7 Å².